The van der Waals surface area contributed by atoms with Gasteiger partial charge in [0.2, 0.25) is 0 Å². The Morgan fingerprint density at radius 3 is 0.861 bits per heavy atom. The average molecular weight is 483 g/mol. The van der Waals surface area contributed by atoms with Crippen molar-refractivity contribution in [3.8, 4) is 0 Å². The summed E-state index contributed by atoms with van der Waals surface area (Å²) in [5.41, 5.74) is 16.4. The third kappa shape index (κ3) is 4.23. The van der Waals surface area contributed by atoms with Crippen LogP contribution in [0.5, 0.6) is 0 Å². The molecule has 0 radical (unpaired) electrons. The predicted octanol–water partition coefficient (Wildman–Crippen LogP) is 11.1. The van der Waals surface area contributed by atoms with Crippen LogP contribution in [0.2, 0.25) is 0 Å². The van der Waals surface area contributed by atoms with E-state index in [1.807, 2.05) is 0 Å². The molecule has 194 valence electrons. The lowest BCUT2D eigenvalue weighted by molar-refractivity contribution is 0.696. The van der Waals surface area contributed by atoms with Crippen LogP contribution in [0, 0.1) is 0 Å². The molecule has 0 saturated carbocycles. The summed E-state index contributed by atoms with van der Waals surface area (Å²) in [7, 11) is 0. The minimum atomic E-state index is 0.512. The van der Waals surface area contributed by atoms with E-state index in [9.17, 15) is 0 Å². The molecule has 0 bridgehead atoms. The molecule has 0 N–H and O–H groups in total. The SMILES string of the molecule is CC(C)c1c2c(c(C(C)C)c(C(C)C)c1C(C)C)Cc1c(c(C(C)C)c3ccccc3c1C(C)C)C2. The number of fused-ring (bicyclic) bond motifs is 3. The first kappa shape index (κ1) is 27.0. The van der Waals surface area contributed by atoms with Crippen LogP contribution in [-0.2, 0) is 12.8 Å². The fourth-order valence-corrected chi connectivity index (χ4v) is 7.59. The summed E-state index contributed by atoms with van der Waals surface area (Å²) < 4.78 is 0. The van der Waals surface area contributed by atoms with E-state index in [2.05, 4.69) is 107 Å². The molecular weight excluding hydrogens is 432 g/mol. The Morgan fingerprint density at radius 1 is 0.361 bits per heavy atom. The fraction of sp³-hybridized carbons (Fsp3) is 0.556. The van der Waals surface area contributed by atoms with E-state index in [4.69, 9.17) is 0 Å². The van der Waals surface area contributed by atoms with Gasteiger partial charge in [-0.2, -0.15) is 0 Å². The lowest BCUT2D eigenvalue weighted by atomic mass is 9.67. The third-order valence-corrected chi connectivity index (χ3v) is 8.58. The molecule has 4 rings (SSSR count). The molecule has 0 atom stereocenters. The first-order chi connectivity index (χ1) is 16.9. The van der Waals surface area contributed by atoms with Crippen molar-refractivity contribution in [3.63, 3.8) is 0 Å². The van der Waals surface area contributed by atoms with Crippen LogP contribution < -0.4 is 0 Å². The van der Waals surface area contributed by atoms with Crippen molar-refractivity contribution in [2.24, 2.45) is 0 Å². The van der Waals surface area contributed by atoms with E-state index in [1.54, 1.807) is 55.6 Å². The minimum Gasteiger partial charge on any atom is -0.0616 e. The van der Waals surface area contributed by atoms with Crippen molar-refractivity contribution in [3.05, 3.63) is 79.9 Å². The molecule has 0 fully saturated rings. The van der Waals surface area contributed by atoms with E-state index in [0.29, 0.717) is 35.5 Å². The van der Waals surface area contributed by atoms with E-state index in [1.165, 1.54) is 10.8 Å². The summed E-state index contributed by atoms with van der Waals surface area (Å²) in [6, 6.07) is 9.25. The lowest BCUT2D eigenvalue weighted by Crippen LogP contribution is -2.23. The van der Waals surface area contributed by atoms with Crippen molar-refractivity contribution in [2.45, 2.75) is 131 Å². The highest BCUT2D eigenvalue weighted by Gasteiger charge is 2.34. The summed E-state index contributed by atoms with van der Waals surface area (Å²) in [6.45, 7) is 29.0. The van der Waals surface area contributed by atoms with E-state index in [0.717, 1.165) is 12.8 Å². The van der Waals surface area contributed by atoms with Crippen LogP contribution in [0.3, 0.4) is 0 Å². The van der Waals surface area contributed by atoms with Crippen LogP contribution in [0.4, 0.5) is 0 Å². The maximum absolute atomic E-state index is 2.43. The molecule has 36 heavy (non-hydrogen) atoms. The van der Waals surface area contributed by atoms with E-state index < -0.39 is 0 Å². The van der Waals surface area contributed by atoms with Gasteiger partial charge in [0.1, 0.15) is 0 Å². The highest BCUT2D eigenvalue weighted by molar-refractivity contribution is 5.93. The molecule has 0 nitrogen and oxygen atoms in total. The summed E-state index contributed by atoms with van der Waals surface area (Å²) in [5, 5.41) is 2.97. The van der Waals surface area contributed by atoms with Gasteiger partial charge in [-0.1, -0.05) is 107 Å². The normalized spacial score (nSPS) is 13.7. The fourth-order valence-electron chi connectivity index (χ4n) is 7.59. The Morgan fingerprint density at radius 2 is 0.611 bits per heavy atom. The van der Waals surface area contributed by atoms with Crippen molar-refractivity contribution < 1.29 is 0 Å². The second kappa shape index (κ2) is 10.00. The highest BCUT2D eigenvalue weighted by Crippen LogP contribution is 2.49. The molecule has 1 aliphatic carbocycles. The van der Waals surface area contributed by atoms with E-state index in [-0.39, 0.29) is 0 Å². The Balaban J connectivity index is 2.21. The Kier molecular flexibility index (Phi) is 7.49. The second-order valence-corrected chi connectivity index (χ2v) is 13.2. The summed E-state index contributed by atoms with van der Waals surface area (Å²) >= 11 is 0. The smallest absolute Gasteiger partial charge is 0.00139 e. The number of rotatable bonds is 6. The maximum atomic E-state index is 2.43. The van der Waals surface area contributed by atoms with Gasteiger partial charge in [0, 0.05) is 0 Å². The topological polar surface area (TPSA) is 0 Å². The molecule has 0 saturated heterocycles. The Bertz CT molecular complexity index is 1180. The van der Waals surface area contributed by atoms with Crippen LogP contribution >= 0.6 is 0 Å². The molecule has 0 aliphatic heterocycles. The number of hydrogen-bond donors (Lipinski definition) is 0. The standard InChI is InChI=1S/C36H50/c1-19(2)31-25-15-13-14-16-26(25)32(20(3)4)28-18-30-29(17-27(28)31)33(21(5)6)35(23(9)10)36(24(11)12)34(30)22(7)8/h13-16,19-24H,17-18H2,1-12H3. The van der Waals surface area contributed by atoms with Crippen molar-refractivity contribution in [1.29, 1.82) is 0 Å². The molecule has 0 amide bonds. The molecule has 0 spiro atoms. The van der Waals surface area contributed by atoms with Gasteiger partial charge >= 0.3 is 0 Å². The zero-order valence-electron chi connectivity index (χ0n) is 25.2. The van der Waals surface area contributed by atoms with Gasteiger partial charge in [-0.05, 0) is 115 Å². The molecule has 0 aromatic heterocycles. The summed E-state index contributed by atoms with van der Waals surface area (Å²) in [6.07, 6.45) is 2.18. The quantitative estimate of drug-likeness (QED) is 0.256. The van der Waals surface area contributed by atoms with Gasteiger partial charge < -0.3 is 0 Å². The number of benzene rings is 3. The van der Waals surface area contributed by atoms with Crippen LogP contribution in [0.1, 0.15) is 174 Å². The van der Waals surface area contributed by atoms with Gasteiger partial charge in [-0.25, -0.2) is 0 Å². The van der Waals surface area contributed by atoms with Crippen molar-refractivity contribution >= 4 is 10.8 Å². The average Bonchev–Trinajstić information content (AvgIpc) is 2.78. The highest BCUT2D eigenvalue weighted by atomic mass is 14.4. The van der Waals surface area contributed by atoms with E-state index >= 15 is 0 Å². The molecule has 1 aliphatic rings. The van der Waals surface area contributed by atoms with Crippen molar-refractivity contribution in [1.82, 2.24) is 0 Å². The lowest BCUT2D eigenvalue weighted by Gasteiger charge is -2.38. The first-order valence-electron chi connectivity index (χ1n) is 14.7. The molecule has 0 heterocycles. The monoisotopic (exact) mass is 482 g/mol. The molecule has 3 aromatic rings. The zero-order chi connectivity index (χ0) is 26.6. The van der Waals surface area contributed by atoms with Crippen LogP contribution in [-0.4, -0.2) is 0 Å². The molecule has 0 heteroatoms. The molecule has 3 aromatic carbocycles. The van der Waals surface area contributed by atoms with Gasteiger partial charge in [0.25, 0.3) is 0 Å². The summed E-state index contributed by atoms with van der Waals surface area (Å²) in [5.74, 6) is 3.16. The predicted molar refractivity (Wildman–Crippen MR) is 161 cm³/mol. The van der Waals surface area contributed by atoms with Gasteiger partial charge in [-0.15, -0.1) is 0 Å². The van der Waals surface area contributed by atoms with Gasteiger partial charge in [-0.3, -0.25) is 0 Å². The van der Waals surface area contributed by atoms with Crippen LogP contribution in [0.25, 0.3) is 10.8 Å². The minimum absolute atomic E-state index is 0.512. The third-order valence-electron chi connectivity index (χ3n) is 8.58. The van der Waals surface area contributed by atoms with Gasteiger partial charge in [0.05, 0.1) is 0 Å². The summed E-state index contributed by atoms with van der Waals surface area (Å²) in [4.78, 5) is 0. The van der Waals surface area contributed by atoms with Crippen molar-refractivity contribution in [2.75, 3.05) is 0 Å². The molecular formula is C36H50. The van der Waals surface area contributed by atoms with Crippen LogP contribution in [0.15, 0.2) is 24.3 Å². The Hall–Kier alpha value is -2.08. The van der Waals surface area contributed by atoms with Gasteiger partial charge in [0.15, 0.2) is 0 Å². The Labute approximate surface area is 221 Å². The number of hydrogen-bond acceptors (Lipinski definition) is 0. The molecule has 0 unspecified atom stereocenters. The first-order valence-corrected chi connectivity index (χ1v) is 14.7. The largest absolute Gasteiger partial charge is 0.0616 e. The second-order valence-electron chi connectivity index (χ2n) is 13.2. The zero-order valence-corrected chi connectivity index (χ0v) is 25.2. The maximum Gasteiger partial charge on any atom is -0.00139 e.